The molecule has 0 saturated heterocycles. The van der Waals surface area contributed by atoms with Gasteiger partial charge in [0.2, 0.25) is 0 Å². The van der Waals surface area contributed by atoms with Crippen molar-refractivity contribution in [2.75, 3.05) is 34.2 Å². The molecule has 1 rings (SSSR count). The van der Waals surface area contributed by atoms with Crippen LogP contribution in [0.25, 0.3) is 0 Å². The lowest BCUT2D eigenvalue weighted by atomic mass is 10.4. The molecule has 8 heteroatoms. The molecule has 1 heterocycles. The number of nitrogens with zero attached hydrogens (tertiary/aromatic N) is 2. The van der Waals surface area contributed by atoms with Crippen molar-refractivity contribution >= 4 is 10.0 Å². The highest BCUT2D eigenvalue weighted by Crippen LogP contribution is 2.11. The summed E-state index contributed by atoms with van der Waals surface area (Å²) < 4.78 is 26.6. The van der Waals surface area contributed by atoms with Crippen LogP contribution in [0.15, 0.2) is 11.2 Å². The smallest absolute Gasteiger partial charge is 0.257 e. The molecule has 18 heavy (non-hydrogen) atoms. The monoisotopic (exact) mass is 275 g/mol. The van der Waals surface area contributed by atoms with Gasteiger partial charge in [0.05, 0.1) is 6.20 Å². The van der Waals surface area contributed by atoms with E-state index >= 15 is 0 Å². The Morgan fingerprint density at radius 3 is 2.78 bits per heavy atom. The van der Waals surface area contributed by atoms with Crippen LogP contribution in [0.2, 0.25) is 0 Å². The number of sulfonamides is 1. The quantitative estimate of drug-likeness (QED) is 0.549. The first kappa shape index (κ1) is 15.1. The van der Waals surface area contributed by atoms with Gasteiger partial charge in [-0.15, -0.1) is 0 Å². The Morgan fingerprint density at radius 2 is 2.17 bits per heavy atom. The Hall–Kier alpha value is -0.960. The standard InChI is InChI=1S/C10H21N5O2S/c1-11-7-9-8-12-14-10(9)18(16,17)13-5-4-6-15(2)3/h8,11,13H,4-7H2,1-3H3,(H,12,14). The number of hydrogen-bond acceptors (Lipinski definition) is 5. The SMILES string of the molecule is CNCc1cn[nH]c1S(=O)(=O)NCCCN(C)C. The van der Waals surface area contributed by atoms with E-state index in [0.717, 1.165) is 13.0 Å². The highest BCUT2D eigenvalue weighted by atomic mass is 32.2. The molecule has 0 aromatic carbocycles. The van der Waals surface area contributed by atoms with E-state index in [1.165, 1.54) is 6.20 Å². The number of nitrogens with one attached hydrogen (secondary N) is 3. The molecule has 0 unspecified atom stereocenters. The number of aromatic nitrogens is 2. The van der Waals surface area contributed by atoms with E-state index in [4.69, 9.17) is 0 Å². The van der Waals surface area contributed by atoms with Crippen molar-refractivity contribution in [1.82, 2.24) is 25.1 Å². The lowest BCUT2D eigenvalue weighted by Gasteiger charge is -2.10. The van der Waals surface area contributed by atoms with Gasteiger partial charge in [-0.2, -0.15) is 5.10 Å². The summed E-state index contributed by atoms with van der Waals surface area (Å²) in [6.45, 7) is 1.72. The van der Waals surface area contributed by atoms with Gasteiger partial charge in [0.15, 0.2) is 5.03 Å². The van der Waals surface area contributed by atoms with E-state index in [2.05, 4.69) is 20.2 Å². The molecule has 0 atom stereocenters. The summed E-state index contributed by atoms with van der Waals surface area (Å²) >= 11 is 0. The van der Waals surface area contributed by atoms with Gasteiger partial charge in [-0.25, -0.2) is 13.1 Å². The van der Waals surface area contributed by atoms with Gasteiger partial charge in [0.25, 0.3) is 10.0 Å². The van der Waals surface area contributed by atoms with E-state index in [0.29, 0.717) is 18.7 Å². The second-order valence-corrected chi connectivity index (χ2v) is 6.01. The molecule has 0 aliphatic carbocycles. The summed E-state index contributed by atoms with van der Waals surface area (Å²) in [5.74, 6) is 0. The van der Waals surface area contributed by atoms with Crippen LogP contribution in [0.5, 0.6) is 0 Å². The lowest BCUT2D eigenvalue weighted by molar-refractivity contribution is 0.400. The van der Waals surface area contributed by atoms with E-state index in [1.54, 1.807) is 7.05 Å². The summed E-state index contributed by atoms with van der Waals surface area (Å²) in [6.07, 6.45) is 2.28. The molecule has 0 aliphatic heterocycles. The fraction of sp³-hybridized carbons (Fsp3) is 0.700. The summed E-state index contributed by atoms with van der Waals surface area (Å²) in [4.78, 5) is 2.01. The third kappa shape index (κ3) is 4.37. The Balaban J connectivity index is 2.60. The molecule has 1 aromatic rings. The summed E-state index contributed by atoms with van der Waals surface area (Å²) in [7, 11) is 2.17. The van der Waals surface area contributed by atoms with E-state index < -0.39 is 10.0 Å². The van der Waals surface area contributed by atoms with Crippen molar-refractivity contribution in [3.05, 3.63) is 11.8 Å². The third-order valence-electron chi connectivity index (χ3n) is 2.39. The minimum absolute atomic E-state index is 0.140. The highest BCUT2D eigenvalue weighted by molar-refractivity contribution is 7.89. The molecule has 0 saturated carbocycles. The maximum absolute atomic E-state index is 12.0. The van der Waals surface area contributed by atoms with Crippen LogP contribution in [0.3, 0.4) is 0 Å². The average Bonchev–Trinajstić information content (AvgIpc) is 2.74. The van der Waals surface area contributed by atoms with Gasteiger partial charge in [-0.05, 0) is 34.1 Å². The number of rotatable bonds is 8. The first-order valence-electron chi connectivity index (χ1n) is 5.78. The van der Waals surface area contributed by atoms with Crippen LogP contribution in [0, 0.1) is 0 Å². The second-order valence-electron chi connectivity index (χ2n) is 4.31. The van der Waals surface area contributed by atoms with Crippen LogP contribution >= 0.6 is 0 Å². The van der Waals surface area contributed by atoms with Crippen LogP contribution < -0.4 is 10.0 Å². The lowest BCUT2D eigenvalue weighted by Crippen LogP contribution is -2.28. The minimum atomic E-state index is -3.49. The molecule has 0 aliphatic rings. The molecule has 7 nitrogen and oxygen atoms in total. The number of H-pyrrole nitrogens is 1. The van der Waals surface area contributed by atoms with Crippen molar-refractivity contribution in [3.63, 3.8) is 0 Å². The first-order chi connectivity index (χ1) is 8.47. The molecule has 3 N–H and O–H groups in total. The number of hydrogen-bond donors (Lipinski definition) is 3. The molecular weight excluding hydrogens is 254 g/mol. The van der Waals surface area contributed by atoms with Gasteiger partial charge in [-0.1, -0.05) is 0 Å². The summed E-state index contributed by atoms with van der Waals surface area (Å²) in [5, 5.41) is 9.35. The van der Waals surface area contributed by atoms with Crippen LogP contribution in [-0.4, -0.2) is 57.7 Å². The Morgan fingerprint density at radius 1 is 1.44 bits per heavy atom. The zero-order chi connectivity index (χ0) is 13.6. The summed E-state index contributed by atoms with van der Waals surface area (Å²) in [5.41, 5.74) is 0.637. The third-order valence-corrected chi connectivity index (χ3v) is 3.86. The van der Waals surface area contributed by atoms with Crippen LogP contribution in [0.1, 0.15) is 12.0 Å². The highest BCUT2D eigenvalue weighted by Gasteiger charge is 2.19. The van der Waals surface area contributed by atoms with Crippen molar-refractivity contribution < 1.29 is 8.42 Å². The van der Waals surface area contributed by atoms with Gasteiger partial charge < -0.3 is 10.2 Å². The largest absolute Gasteiger partial charge is 0.316 e. The molecule has 0 bridgehead atoms. The Labute approximate surface area is 108 Å². The fourth-order valence-corrected chi connectivity index (χ4v) is 2.72. The topological polar surface area (TPSA) is 90.1 Å². The van der Waals surface area contributed by atoms with Crippen molar-refractivity contribution in [1.29, 1.82) is 0 Å². The van der Waals surface area contributed by atoms with E-state index in [9.17, 15) is 8.42 Å². The predicted octanol–water partition coefficient (Wildman–Crippen LogP) is -0.641. The first-order valence-corrected chi connectivity index (χ1v) is 7.27. The van der Waals surface area contributed by atoms with Gasteiger partial charge in [0, 0.05) is 18.7 Å². The maximum Gasteiger partial charge on any atom is 0.257 e. The second kappa shape index (κ2) is 6.83. The molecule has 1 aromatic heterocycles. The Kier molecular flexibility index (Phi) is 5.73. The minimum Gasteiger partial charge on any atom is -0.316 e. The number of aromatic amines is 1. The van der Waals surface area contributed by atoms with Crippen LogP contribution in [-0.2, 0) is 16.6 Å². The van der Waals surface area contributed by atoms with Crippen molar-refractivity contribution in [3.8, 4) is 0 Å². The van der Waals surface area contributed by atoms with Gasteiger partial charge >= 0.3 is 0 Å². The average molecular weight is 275 g/mol. The molecule has 0 fully saturated rings. The van der Waals surface area contributed by atoms with Crippen LogP contribution in [0.4, 0.5) is 0 Å². The molecular formula is C10H21N5O2S. The van der Waals surface area contributed by atoms with E-state index in [1.807, 2.05) is 19.0 Å². The van der Waals surface area contributed by atoms with Crippen molar-refractivity contribution in [2.45, 2.75) is 18.0 Å². The molecule has 0 radical (unpaired) electrons. The fourth-order valence-electron chi connectivity index (χ4n) is 1.52. The zero-order valence-corrected chi connectivity index (χ0v) is 11.8. The van der Waals surface area contributed by atoms with Gasteiger partial charge in [0.1, 0.15) is 0 Å². The van der Waals surface area contributed by atoms with Gasteiger partial charge in [-0.3, -0.25) is 5.10 Å². The zero-order valence-electron chi connectivity index (χ0n) is 11.0. The normalized spacial score (nSPS) is 12.2. The molecule has 0 amide bonds. The van der Waals surface area contributed by atoms with E-state index in [-0.39, 0.29) is 5.03 Å². The van der Waals surface area contributed by atoms with Crippen molar-refractivity contribution in [2.24, 2.45) is 0 Å². The molecule has 104 valence electrons. The summed E-state index contributed by atoms with van der Waals surface area (Å²) in [6, 6.07) is 0. The Bertz CT molecular complexity index is 455. The maximum atomic E-state index is 12.0. The molecule has 0 spiro atoms. The predicted molar refractivity (Wildman–Crippen MR) is 69.7 cm³/mol.